The van der Waals surface area contributed by atoms with E-state index < -0.39 is 17.3 Å². The zero-order valence-corrected chi connectivity index (χ0v) is 6.77. The standard InChI is InChI=1S/C7H6FNO2.ClH/c8-6-2-1-4(9)3-5(6)7(10)11;/h1-3H,9H2,(H,10,11);1H. The minimum Gasteiger partial charge on any atom is -0.478 e. The summed E-state index contributed by atoms with van der Waals surface area (Å²) in [6, 6.07) is 3.41. The van der Waals surface area contributed by atoms with E-state index in [-0.39, 0.29) is 18.1 Å². The topological polar surface area (TPSA) is 63.3 Å². The highest BCUT2D eigenvalue weighted by atomic mass is 35.5. The van der Waals surface area contributed by atoms with Crippen LogP contribution in [0, 0.1) is 5.82 Å². The number of halogens is 2. The van der Waals surface area contributed by atoms with E-state index >= 15 is 0 Å². The summed E-state index contributed by atoms with van der Waals surface area (Å²) in [6.45, 7) is 0. The van der Waals surface area contributed by atoms with Crippen molar-refractivity contribution < 1.29 is 14.3 Å². The maximum atomic E-state index is 12.6. The number of aromatic carboxylic acids is 1. The van der Waals surface area contributed by atoms with Crippen molar-refractivity contribution >= 4 is 24.1 Å². The summed E-state index contributed by atoms with van der Waals surface area (Å²) in [5.41, 5.74) is 5.08. The number of nitrogen functional groups attached to an aromatic ring is 1. The monoisotopic (exact) mass is 191 g/mol. The van der Waals surface area contributed by atoms with Crippen LogP contribution in [0.4, 0.5) is 10.1 Å². The molecule has 5 heteroatoms. The number of nitrogens with two attached hydrogens (primary N) is 1. The van der Waals surface area contributed by atoms with Gasteiger partial charge in [0.25, 0.3) is 0 Å². The average molecular weight is 192 g/mol. The molecule has 0 unspecified atom stereocenters. The molecule has 0 aromatic heterocycles. The molecule has 0 fully saturated rings. The third-order valence-electron chi connectivity index (χ3n) is 1.22. The summed E-state index contributed by atoms with van der Waals surface area (Å²) in [7, 11) is 0. The van der Waals surface area contributed by atoms with Gasteiger partial charge >= 0.3 is 5.97 Å². The zero-order valence-electron chi connectivity index (χ0n) is 5.95. The first-order valence-corrected chi connectivity index (χ1v) is 2.89. The number of hydrogen-bond acceptors (Lipinski definition) is 2. The molecule has 0 heterocycles. The Kier molecular flexibility index (Phi) is 3.50. The van der Waals surface area contributed by atoms with Crippen molar-refractivity contribution in [3.8, 4) is 0 Å². The molecule has 0 bridgehead atoms. The van der Waals surface area contributed by atoms with Gasteiger partial charge in [0.15, 0.2) is 0 Å². The normalized spacial score (nSPS) is 8.75. The summed E-state index contributed by atoms with van der Waals surface area (Å²) in [6.07, 6.45) is 0. The van der Waals surface area contributed by atoms with E-state index in [4.69, 9.17) is 10.8 Å². The van der Waals surface area contributed by atoms with Crippen molar-refractivity contribution in [1.29, 1.82) is 0 Å². The Labute approximate surface area is 74.4 Å². The highest BCUT2D eigenvalue weighted by Gasteiger charge is 2.08. The third kappa shape index (κ3) is 2.10. The molecule has 0 atom stereocenters. The van der Waals surface area contributed by atoms with Gasteiger partial charge in [0.1, 0.15) is 5.82 Å². The Balaban J connectivity index is 0.00000121. The summed E-state index contributed by atoms with van der Waals surface area (Å²) in [5, 5.41) is 8.39. The molecule has 0 aliphatic carbocycles. The first-order chi connectivity index (χ1) is 5.11. The van der Waals surface area contributed by atoms with Crippen LogP contribution in [0.5, 0.6) is 0 Å². The van der Waals surface area contributed by atoms with Crippen LogP contribution < -0.4 is 5.73 Å². The van der Waals surface area contributed by atoms with E-state index in [9.17, 15) is 9.18 Å². The van der Waals surface area contributed by atoms with Crippen molar-refractivity contribution in [2.24, 2.45) is 0 Å². The molecule has 3 nitrogen and oxygen atoms in total. The lowest BCUT2D eigenvalue weighted by Crippen LogP contribution is -2.01. The van der Waals surface area contributed by atoms with Gasteiger partial charge in [-0.2, -0.15) is 0 Å². The number of rotatable bonds is 1. The molecule has 1 aromatic carbocycles. The van der Waals surface area contributed by atoms with E-state index in [1.165, 1.54) is 6.07 Å². The molecule has 0 aliphatic rings. The van der Waals surface area contributed by atoms with Crippen LogP contribution in [0.25, 0.3) is 0 Å². The molecule has 0 aliphatic heterocycles. The number of benzene rings is 1. The first-order valence-electron chi connectivity index (χ1n) is 2.89. The molecule has 0 radical (unpaired) electrons. The molecule has 66 valence electrons. The SMILES string of the molecule is Cl.Nc1ccc(F)c(C(=O)O)c1. The number of anilines is 1. The van der Waals surface area contributed by atoms with Gasteiger partial charge in [0.05, 0.1) is 5.56 Å². The Morgan fingerprint density at radius 2 is 2.08 bits per heavy atom. The van der Waals surface area contributed by atoms with Crippen LogP contribution in [0.15, 0.2) is 18.2 Å². The summed E-state index contributed by atoms with van der Waals surface area (Å²) < 4.78 is 12.6. The van der Waals surface area contributed by atoms with E-state index in [0.717, 1.165) is 12.1 Å². The van der Waals surface area contributed by atoms with E-state index in [1.807, 2.05) is 0 Å². The van der Waals surface area contributed by atoms with E-state index in [1.54, 1.807) is 0 Å². The zero-order chi connectivity index (χ0) is 8.43. The van der Waals surface area contributed by atoms with Crippen molar-refractivity contribution in [2.45, 2.75) is 0 Å². The van der Waals surface area contributed by atoms with Crippen molar-refractivity contribution in [1.82, 2.24) is 0 Å². The Morgan fingerprint density at radius 1 is 1.50 bits per heavy atom. The van der Waals surface area contributed by atoms with Gasteiger partial charge in [-0.15, -0.1) is 12.4 Å². The number of carbonyl (C=O) groups is 1. The van der Waals surface area contributed by atoms with Gasteiger partial charge in [-0.1, -0.05) is 0 Å². The minimum atomic E-state index is -1.31. The van der Waals surface area contributed by atoms with Gasteiger partial charge in [-0.25, -0.2) is 9.18 Å². The lowest BCUT2D eigenvalue weighted by atomic mass is 10.2. The quantitative estimate of drug-likeness (QED) is 0.662. The number of carboxylic acids is 1. The molecule has 0 spiro atoms. The molecule has 1 rings (SSSR count). The molecular formula is C7H7ClFNO2. The second kappa shape index (κ2) is 3.92. The largest absolute Gasteiger partial charge is 0.478 e. The second-order valence-corrected chi connectivity index (χ2v) is 2.04. The fourth-order valence-electron chi connectivity index (χ4n) is 0.707. The number of hydrogen-bond donors (Lipinski definition) is 2. The van der Waals surface area contributed by atoms with Crippen molar-refractivity contribution in [2.75, 3.05) is 5.73 Å². The Morgan fingerprint density at radius 3 is 2.50 bits per heavy atom. The third-order valence-corrected chi connectivity index (χ3v) is 1.22. The van der Waals surface area contributed by atoms with Gasteiger partial charge in [0, 0.05) is 5.69 Å². The molecule has 0 saturated heterocycles. The highest BCUT2D eigenvalue weighted by Crippen LogP contribution is 2.11. The van der Waals surface area contributed by atoms with Crippen LogP contribution in [-0.2, 0) is 0 Å². The first kappa shape index (κ1) is 10.7. The van der Waals surface area contributed by atoms with Gasteiger partial charge < -0.3 is 10.8 Å². The average Bonchev–Trinajstić information content (AvgIpc) is 1.94. The number of carboxylic acid groups (broad SMARTS) is 1. The van der Waals surface area contributed by atoms with Gasteiger partial charge in [0.2, 0.25) is 0 Å². The molecule has 0 saturated carbocycles. The van der Waals surface area contributed by atoms with E-state index in [2.05, 4.69) is 0 Å². The van der Waals surface area contributed by atoms with Crippen LogP contribution in [0.1, 0.15) is 10.4 Å². The maximum Gasteiger partial charge on any atom is 0.338 e. The van der Waals surface area contributed by atoms with Crippen LogP contribution in [-0.4, -0.2) is 11.1 Å². The molecule has 12 heavy (non-hydrogen) atoms. The van der Waals surface area contributed by atoms with Crippen LogP contribution in [0.3, 0.4) is 0 Å². The molecule has 1 aromatic rings. The summed E-state index contributed by atoms with van der Waals surface area (Å²) >= 11 is 0. The van der Waals surface area contributed by atoms with Crippen molar-refractivity contribution in [3.05, 3.63) is 29.6 Å². The maximum absolute atomic E-state index is 12.6. The molecule has 0 amide bonds. The van der Waals surface area contributed by atoms with Crippen LogP contribution >= 0.6 is 12.4 Å². The highest BCUT2D eigenvalue weighted by molar-refractivity contribution is 5.88. The lowest BCUT2D eigenvalue weighted by molar-refractivity contribution is 0.0692. The second-order valence-electron chi connectivity index (χ2n) is 2.04. The van der Waals surface area contributed by atoms with Crippen molar-refractivity contribution in [3.63, 3.8) is 0 Å². The predicted octanol–water partition coefficient (Wildman–Crippen LogP) is 1.53. The summed E-state index contributed by atoms with van der Waals surface area (Å²) in [5.74, 6) is -2.08. The molecule has 3 N–H and O–H groups in total. The minimum absolute atomic E-state index is 0. The van der Waals surface area contributed by atoms with Crippen LogP contribution in [0.2, 0.25) is 0 Å². The lowest BCUT2D eigenvalue weighted by Gasteiger charge is -1.97. The Bertz CT molecular complexity index is 303. The predicted molar refractivity (Wildman–Crippen MR) is 45.0 cm³/mol. The van der Waals surface area contributed by atoms with Gasteiger partial charge in [-0.3, -0.25) is 0 Å². The molecular weight excluding hydrogens is 185 g/mol. The fourth-order valence-corrected chi connectivity index (χ4v) is 0.707. The van der Waals surface area contributed by atoms with Gasteiger partial charge in [-0.05, 0) is 18.2 Å². The fraction of sp³-hybridized carbons (Fsp3) is 0. The Hall–Kier alpha value is -1.29. The van der Waals surface area contributed by atoms with E-state index in [0.29, 0.717) is 0 Å². The summed E-state index contributed by atoms with van der Waals surface area (Å²) in [4.78, 5) is 10.3. The smallest absolute Gasteiger partial charge is 0.338 e.